The first-order valence-corrected chi connectivity index (χ1v) is 6.79. The molecule has 0 aliphatic rings. The fourth-order valence-corrected chi connectivity index (χ4v) is 2.08. The highest BCUT2D eigenvalue weighted by Crippen LogP contribution is 2.32. The molecule has 0 aliphatic heterocycles. The van der Waals surface area contributed by atoms with Gasteiger partial charge in [0.1, 0.15) is 11.5 Å². The lowest BCUT2D eigenvalue weighted by atomic mass is 10.2. The summed E-state index contributed by atoms with van der Waals surface area (Å²) in [6.45, 7) is 0.688. The van der Waals surface area contributed by atoms with Crippen LogP contribution in [-0.4, -0.2) is 7.05 Å². The maximum absolute atomic E-state index is 5.99. The van der Waals surface area contributed by atoms with Gasteiger partial charge in [-0.05, 0) is 31.3 Å². The van der Waals surface area contributed by atoms with E-state index in [1.807, 2.05) is 19.2 Å². The average Bonchev–Trinajstić information content (AvgIpc) is 2.37. The number of nitrogens with one attached hydrogen (secondary N) is 1. The predicted octanol–water partition coefficient (Wildman–Crippen LogP) is 5.16. The molecule has 0 bridgehead atoms. The van der Waals surface area contributed by atoms with Gasteiger partial charge in [0, 0.05) is 23.2 Å². The fraction of sp³-hybridized carbons (Fsp3) is 0.143. The zero-order valence-electron chi connectivity index (χ0n) is 10.2. The summed E-state index contributed by atoms with van der Waals surface area (Å²) in [7, 11) is 1.87. The van der Waals surface area contributed by atoms with Gasteiger partial charge in [0.05, 0.1) is 10.0 Å². The highest BCUT2D eigenvalue weighted by molar-refractivity contribution is 6.42. The smallest absolute Gasteiger partial charge is 0.133 e. The Balaban J connectivity index is 2.30. The van der Waals surface area contributed by atoms with Crippen molar-refractivity contribution in [1.82, 2.24) is 5.32 Å². The molecule has 0 spiro atoms. The first-order valence-electron chi connectivity index (χ1n) is 5.66. The van der Waals surface area contributed by atoms with Gasteiger partial charge in [-0.1, -0.05) is 40.9 Å². The van der Waals surface area contributed by atoms with Crippen LogP contribution in [0.1, 0.15) is 5.56 Å². The largest absolute Gasteiger partial charge is 0.457 e. The zero-order valence-corrected chi connectivity index (χ0v) is 12.5. The standard InChI is InChI=1S/C14H12Cl3NO/c1-18-8-9-2-3-10(15)6-14(9)19-11-4-5-12(16)13(17)7-11/h2-7,18H,8H2,1H3. The SMILES string of the molecule is CNCc1ccc(Cl)cc1Oc1ccc(Cl)c(Cl)c1. The maximum atomic E-state index is 5.99. The lowest BCUT2D eigenvalue weighted by Gasteiger charge is -2.12. The molecule has 2 aromatic rings. The lowest BCUT2D eigenvalue weighted by molar-refractivity contribution is 0.474. The van der Waals surface area contributed by atoms with E-state index in [4.69, 9.17) is 39.5 Å². The van der Waals surface area contributed by atoms with Crippen molar-refractivity contribution in [3.8, 4) is 11.5 Å². The van der Waals surface area contributed by atoms with Crippen molar-refractivity contribution in [2.45, 2.75) is 6.54 Å². The number of halogens is 3. The predicted molar refractivity (Wildman–Crippen MR) is 80.8 cm³/mol. The summed E-state index contributed by atoms with van der Waals surface area (Å²) in [5.74, 6) is 1.31. The van der Waals surface area contributed by atoms with E-state index in [1.165, 1.54) is 0 Å². The molecule has 2 nitrogen and oxygen atoms in total. The van der Waals surface area contributed by atoms with E-state index in [9.17, 15) is 0 Å². The van der Waals surface area contributed by atoms with Crippen LogP contribution in [0.3, 0.4) is 0 Å². The van der Waals surface area contributed by atoms with Crippen LogP contribution in [0, 0.1) is 0 Å². The molecular weight excluding hydrogens is 305 g/mol. The Morgan fingerprint density at radius 2 is 1.79 bits per heavy atom. The van der Waals surface area contributed by atoms with Crippen molar-refractivity contribution < 1.29 is 4.74 Å². The second kappa shape index (κ2) is 6.49. The van der Waals surface area contributed by atoms with Crippen LogP contribution < -0.4 is 10.1 Å². The monoisotopic (exact) mass is 315 g/mol. The minimum absolute atomic E-state index is 0.455. The van der Waals surface area contributed by atoms with E-state index >= 15 is 0 Å². The van der Waals surface area contributed by atoms with Crippen molar-refractivity contribution in [3.05, 3.63) is 57.0 Å². The van der Waals surface area contributed by atoms with Gasteiger partial charge in [-0.15, -0.1) is 0 Å². The molecule has 0 aromatic heterocycles. The van der Waals surface area contributed by atoms with Crippen LogP contribution in [0.5, 0.6) is 11.5 Å². The van der Waals surface area contributed by atoms with E-state index in [0.717, 1.165) is 5.56 Å². The minimum atomic E-state index is 0.455. The molecule has 0 radical (unpaired) electrons. The van der Waals surface area contributed by atoms with Crippen molar-refractivity contribution in [2.75, 3.05) is 7.05 Å². The number of rotatable bonds is 4. The molecule has 100 valence electrons. The normalized spacial score (nSPS) is 10.5. The third kappa shape index (κ3) is 3.77. The topological polar surface area (TPSA) is 21.3 Å². The van der Waals surface area contributed by atoms with E-state index in [0.29, 0.717) is 33.1 Å². The summed E-state index contributed by atoms with van der Waals surface area (Å²) in [5, 5.41) is 4.65. The van der Waals surface area contributed by atoms with Gasteiger partial charge < -0.3 is 10.1 Å². The summed E-state index contributed by atoms with van der Waals surface area (Å²) in [4.78, 5) is 0. The van der Waals surface area contributed by atoms with Gasteiger partial charge in [-0.25, -0.2) is 0 Å². The molecule has 0 unspecified atom stereocenters. The molecule has 0 aliphatic carbocycles. The highest BCUT2D eigenvalue weighted by atomic mass is 35.5. The number of hydrogen-bond donors (Lipinski definition) is 1. The summed E-state index contributed by atoms with van der Waals surface area (Å²) in [5.41, 5.74) is 1.01. The second-order valence-corrected chi connectivity index (χ2v) is 5.21. The Morgan fingerprint density at radius 1 is 1.00 bits per heavy atom. The first kappa shape index (κ1) is 14.5. The molecule has 2 aromatic carbocycles. The summed E-state index contributed by atoms with van der Waals surface area (Å²) in [6, 6.07) is 10.7. The molecule has 0 saturated heterocycles. The first-order chi connectivity index (χ1) is 9.10. The third-order valence-corrected chi connectivity index (χ3v) is 3.49. The van der Waals surface area contributed by atoms with E-state index in [2.05, 4.69) is 5.32 Å². The fourth-order valence-electron chi connectivity index (χ4n) is 1.63. The summed E-state index contributed by atoms with van der Waals surface area (Å²) < 4.78 is 5.81. The lowest BCUT2D eigenvalue weighted by Crippen LogP contribution is -2.06. The summed E-state index contributed by atoms with van der Waals surface area (Å²) >= 11 is 17.8. The van der Waals surface area contributed by atoms with Crippen LogP contribution in [0.25, 0.3) is 0 Å². The summed E-state index contributed by atoms with van der Waals surface area (Å²) in [6.07, 6.45) is 0. The van der Waals surface area contributed by atoms with E-state index < -0.39 is 0 Å². The van der Waals surface area contributed by atoms with Gasteiger partial charge in [-0.2, -0.15) is 0 Å². The van der Waals surface area contributed by atoms with Crippen LogP contribution in [0.4, 0.5) is 0 Å². The van der Waals surface area contributed by atoms with Crippen LogP contribution >= 0.6 is 34.8 Å². The van der Waals surface area contributed by atoms with Crippen LogP contribution in [-0.2, 0) is 6.54 Å². The molecule has 0 atom stereocenters. The highest BCUT2D eigenvalue weighted by Gasteiger charge is 2.07. The van der Waals surface area contributed by atoms with Crippen LogP contribution in [0.15, 0.2) is 36.4 Å². The van der Waals surface area contributed by atoms with E-state index in [1.54, 1.807) is 24.3 Å². The second-order valence-electron chi connectivity index (χ2n) is 3.96. The molecule has 1 N–H and O–H groups in total. The van der Waals surface area contributed by atoms with Crippen molar-refractivity contribution in [1.29, 1.82) is 0 Å². The average molecular weight is 317 g/mol. The molecule has 0 amide bonds. The quantitative estimate of drug-likeness (QED) is 0.841. The molecule has 5 heteroatoms. The molecule has 0 fully saturated rings. The Labute approximate surface area is 127 Å². The molecule has 0 saturated carbocycles. The molecule has 19 heavy (non-hydrogen) atoms. The van der Waals surface area contributed by atoms with Crippen molar-refractivity contribution >= 4 is 34.8 Å². The Bertz CT molecular complexity index is 587. The number of ether oxygens (including phenoxy) is 1. The van der Waals surface area contributed by atoms with Gasteiger partial charge >= 0.3 is 0 Å². The van der Waals surface area contributed by atoms with Gasteiger partial charge in [0.25, 0.3) is 0 Å². The maximum Gasteiger partial charge on any atom is 0.133 e. The van der Waals surface area contributed by atoms with Gasteiger partial charge in [-0.3, -0.25) is 0 Å². The van der Waals surface area contributed by atoms with Crippen molar-refractivity contribution in [2.24, 2.45) is 0 Å². The minimum Gasteiger partial charge on any atom is -0.457 e. The molecule has 0 heterocycles. The van der Waals surface area contributed by atoms with E-state index in [-0.39, 0.29) is 0 Å². The molecular formula is C14H12Cl3NO. The van der Waals surface area contributed by atoms with Gasteiger partial charge in [0.15, 0.2) is 0 Å². The Morgan fingerprint density at radius 3 is 2.47 bits per heavy atom. The number of benzene rings is 2. The van der Waals surface area contributed by atoms with Crippen LogP contribution in [0.2, 0.25) is 15.1 Å². The Kier molecular flexibility index (Phi) is 4.94. The number of hydrogen-bond acceptors (Lipinski definition) is 2. The Hall–Kier alpha value is -0.930. The van der Waals surface area contributed by atoms with Gasteiger partial charge in [0.2, 0.25) is 0 Å². The zero-order chi connectivity index (χ0) is 13.8. The third-order valence-electron chi connectivity index (χ3n) is 2.52. The van der Waals surface area contributed by atoms with Crippen molar-refractivity contribution in [3.63, 3.8) is 0 Å². The molecule has 2 rings (SSSR count).